The largest absolute Gasteiger partial charge is 0.381 e. The predicted octanol–water partition coefficient (Wildman–Crippen LogP) is 3.55. The van der Waals surface area contributed by atoms with Crippen molar-refractivity contribution in [2.75, 3.05) is 26.3 Å². The van der Waals surface area contributed by atoms with Crippen molar-refractivity contribution in [3.05, 3.63) is 35.4 Å². The van der Waals surface area contributed by atoms with Crippen LogP contribution >= 0.6 is 24.0 Å². The molecule has 0 radical (unpaired) electrons. The molecule has 0 saturated carbocycles. The molecule has 146 valence electrons. The zero-order valence-corrected chi connectivity index (χ0v) is 18.1. The van der Waals surface area contributed by atoms with Crippen LogP contribution in [0.4, 0.5) is 0 Å². The maximum Gasteiger partial charge on any atom is 0.191 e. The molecule has 26 heavy (non-hydrogen) atoms. The molecule has 0 atom stereocenters. The summed E-state index contributed by atoms with van der Waals surface area (Å²) >= 11 is 0. The maximum atomic E-state index is 6.15. The van der Waals surface area contributed by atoms with Gasteiger partial charge in [-0.2, -0.15) is 0 Å². The van der Waals surface area contributed by atoms with Gasteiger partial charge in [0.2, 0.25) is 0 Å². The number of halogens is 1. The second-order valence-electron chi connectivity index (χ2n) is 7.28. The molecule has 0 unspecified atom stereocenters. The van der Waals surface area contributed by atoms with Crippen molar-refractivity contribution in [1.82, 2.24) is 4.90 Å². The number of nitrogens with zero attached hydrogens (tertiary/aromatic N) is 2. The van der Waals surface area contributed by atoms with Crippen LogP contribution in [-0.2, 0) is 22.6 Å². The Bertz CT molecular complexity index is 551. The van der Waals surface area contributed by atoms with Crippen LogP contribution in [0.2, 0.25) is 0 Å². The number of benzene rings is 1. The summed E-state index contributed by atoms with van der Waals surface area (Å²) < 4.78 is 11.3. The van der Waals surface area contributed by atoms with Gasteiger partial charge in [0.25, 0.3) is 0 Å². The van der Waals surface area contributed by atoms with Crippen molar-refractivity contribution in [2.24, 2.45) is 16.6 Å². The Balaban J connectivity index is 0.00000243. The fourth-order valence-corrected chi connectivity index (χ4v) is 3.31. The number of guanidine groups is 1. The van der Waals surface area contributed by atoms with Gasteiger partial charge in [0.05, 0.1) is 19.3 Å². The first-order chi connectivity index (χ1) is 12.2. The quantitative estimate of drug-likeness (QED) is 0.404. The highest BCUT2D eigenvalue weighted by Gasteiger charge is 2.17. The van der Waals surface area contributed by atoms with Crippen LogP contribution in [0.15, 0.2) is 29.3 Å². The Morgan fingerprint density at radius 3 is 2.38 bits per heavy atom. The monoisotopic (exact) mass is 473 g/mol. The fourth-order valence-electron chi connectivity index (χ4n) is 3.31. The summed E-state index contributed by atoms with van der Waals surface area (Å²) in [5, 5.41) is 0. The van der Waals surface area contributed by atoms with Gasteiger partial charge in [-0.1, -0.05) is 31.2 Å². The topological polar surface area (TPSA) is 60.1 Å². The molecule has 2 fully saturated rings. The van der Waals surface area contributed by atoms with Gasteiger partial charge in [-0.3, -0.25) is 0 Å². The number of aliphatic imine (C=N–C) groups is 1. The molecule has 3 rings (SSSR count). The van der Waals surface area contributed by atoms with Crippen LogP contribution in [0.1, 0.15) is 43.7 Å². The van der Waals surface area contributed by atoms with Gasteiger partial charge in [-0.15, -0.1) is 24.0 Å². The third kappa shape index (κ3) is 6.70. The van der Waals surface area contributed by atoms with Gasteiger partial charge in [-0.25, -0.2) is 4.99 Å². The number of piperidine rings is 1. The molecule has 2 heterocycles. The number of likely N-dealkylation sites (tertiary alicyclic amines) is 1. The number of hydrogen-bond donors (Lipinski definition) is 1. The molecule has 2 N–H and O–H groups in total. The zero-order chi connectivity index (χ0) is 17.5. The van der Waals surface area contributed by atoms with E-state index in [4.69, 9.17) is 15.2 Å². The Morgan fingerprint density at radius 2 is 1.73 bits per heavy atom. The molecular weight excluding hydrogens is 441 g/mol. The molecule has 0 spiro atoms. The summed E-state index contributed by atoms with van der Waals surface area (Å²) in [4.78, 5) is 6.77. The molecule has 0 bridgehead atoms. The van der Waals surface area contributed by atoms with Gasteiger partial charge in [0.1, 0.15) is 0 Å². The molecule has 0 amide bonds. The van der Waals surface area contributed by atoms with Crippen LogP contribution in [0, 0.1) is 5.92 Å². The highest BCUT2D eigenvalue weighted by atomic mass is 127. The molecular formula is C20H32IN3O2. The van der Waals surface area contributed by atoms with E-state index in [0.717, 1.165) is 45.1 Å². The lowest BCUT2D eigenvalue weighted by molar-refractivity contribution is -0.0390. The van der Waals surface area contributed by atoms with Crippen molar-refractivity contribution >= 4 is 29.9 Å². The van der Waals surface area contributed by atoms with E-state index in [-0.39, 0.29) is 24.0 Å². The molecule has 0 aromatic heterocycles. The Hall–Kier alpha value is -0.860. The molecule has 2 saturated heterocycles. The van der Waals surface area contributed by atoms with E-state index >= 15 is 0 Å². The fraction of sp³-hybridized carbons (Fsp3) is 0.650. The van der Waals surface area contributed by atoms with Gasteiger partial charge in [0, 0.05) is 26.3 Å². The Kier molecular flexibility index (Phi) is 9.15. The summed E-state index contributed by atoms with van der Waals surface area (Å²) in [6, 6.07) is 8.50. The minimum Gasteiger partial charge on any atom is -0.381 e. The van der Waals surface area contributed by atoms with Crippen molar-refractivity contribution in [3.63, 3.8) is 0 Å². The Morgan fingerprint density at radius 1 is 1.12 bits per heavy atom. The minimum atomic E-state index is 0. The number of ether oxygens (including phenoxy) is 2. The van der Waals surface area contributed by atoms with Crippen LogP contribution in [0.3, 0.4) is 0 Å². The van der Waals surface area contributed by atoms with E-state index in [9.17, 15) is 0 Å². The summed E-state index contributed by atoms with van der Waals surface area (Å²) in [6.45, 7) is 7.30. The Labute approximate surface area is 174 Å². The second kappa shape index (κ2) is 11.1. The van der Waals surface area contributed by atoms with Crippen molar-refractivity contribution in [2.45, 2.75) is 51.9 Å². The summed E-state index contributed by atoms with van der Waals surface area (Å²) in [5.41, 5.74) is 8.54. The van der Waals surface area contributed by atoms with E-state index in [1.165, 1.54) is 24.0 Å². The molecule has 1 aromatic carbocycles. The highest BCUT2D eigenvalue weighted by molar-refractivity contribution is 14.0. The van der Waals surface area contributed by atoms with Crippen LogP contribution in [0.5, 0.6) is 0 Å². The summed E-state index contributed by atoms with van der Waals surface area (Å²) in [6.07, 6.45) is 4.75. The van der Waals surface area contributed by atoms with E-state index in [1.54, 1.807) is 0 Å². The smallest absolute Gasteiger partial charge is 0.191 e. The molecule has 2 aliphatic rings. The van der Waals surface area contributed by atoms with E-state index in [2.05, 4.69) is 41.1 Å². The van der Waals surface area contributed by atoms with E-state index in [1.807, 2.05) is 0 Å². The SMILES string of the molecule is CC1CCN(C(N)=NCc2ccc(COC3CCOCC3)cc2)CC1.I. The maximum absolute atomic E-state index is 6.15. The first-order valence-electron chi connectivity index (χ1n) is 9.53. The van der Waals surface area contributed by atoms with Gasteiger partial charge in [0.15, 0.2) is 5.96 Å². The predicted molar refractivity (Wildman–Crippen MR) is 116 cm³/mol. The van der Waals surface area contributed by atoms with Gasteiger partial charge < -0.3 is 20.1 Å². The van der Waals surface area contributed by atoms with Crippen LogP contribution in [-0.4, -0.2) is 43.3 Å². The van der Waals surface area contributed by atoms with Crippen molar-refractivity contribution < 1.29 is 9.47 Å². The number of hydrogen-bond acceptors (Lipinski definition) is 3. The molecule has 1 aromatic rings. The van der Waals surface area contributed by atoms with E-state index < -0.39 is 0 Å². The molecule has 6 heteroatoms. The average Bonchev–Trinajstić information content (AvgIpc) is 2.67. The standard InChI is InChI=1S/C20H31N3O2.HI/c1-16-6-10-23(11-7-16)20(21)22-14-17-2-4-18(5-3-17)15-25-19-8-12-24-13-9-19;/h2-5,16,19H,6-15H2,1H3,(H2,21,22);1H. The lowest BCUT2D eigenvalue weighted by atomic mass is 10.00. The third-order valence-electron chi connectivity index (χ3n) is 5.21. The van der Waals surface area contributed by atoms with E-state index in [0.29, 0.717) is 25.2 Å². The van der Waals surface area contributed by atoms with Gasteiger partial charge in [-0.05, 0) is 42.7 Å². The average molecular weight is 473 g/mol. The summed E-state index contributed by atoms with van der Waals surface area (Å²) in [7, 11) is 0. The number of rotatable bonds is 5. The molecule has 0 aliphatic carbocycles. The van der Waals surface area contributed by atoms with Crippen molar-refractivity contribution in [3.8, 4) is 0 Å². The highest BCUT2D eigenvalue weighted by Crippen LogP contribution is 2.16. The lowest BCUT2D eigenvalue weighted by Gasteiger charge is -2.31. The van der Waals surface area contributed by atoms with Crippen molar-refractivity contribution in [1.29, 1.82) is 0 Å². The molecule has 2 aliphatic heterocycles. The number of nitrogens with two attached hydrogens (primary N) is 1. The zero-order valence-electron chi connectivity index (χ0n) is 15.7. The second-order valence-corrected chi connectivity index (χ2v) is 7.28. The lowest BCUT2D eigenvalue weighted by Crippen LogP contribution is -2.42. The molecule has 5 nitrogen and oxygen atoms in total. The van der Waals surface area contributed by atoms with Crippen LogP contribution in [0.25, 0.3) is 0 Å². The van der Waals surface area contributed by atoms with Gasteiger partial charge >= 0.3 is 0 Å². The first-order valence-corrected chi connectivity index (χ1v) is 9.53. The summed E-state index contributed by atoms with van der Waals surface area (Å²) in [5.74, 6) is 1.48. The van der Waals surface area contributed by atoms with Crippen LogP contribution < -0.4 is 5.73 Å². The minimum absolute atomic E-state index is 0. The normalized spacial score (nSPS) is 20.0. The third-order valence-corrected chi connectivity index (χ3v) is 5.21. The first kappa shape index (κ1) is 21.4.